The molecule has 0 saturated carbocycles. The van der Waals surface area contributed by atoms with E-state index >= 15 is 0 Å². The van der Waals surface area contributed by atoms with Crippen molar-refractivity contribution >= 4 is 22.6 Å². The quantitative estimate of drug-likeness (QED) is 0.628. The molecule has 1 aromatic heterocycles. The lowest BCUT2D eigenvalue weighted by molar-refractivity contribution is 0.771. The maximum atomic E-state index is 6.12. The number of nitrogens with zero attached hydrogens (tertiary/aromatic N) is 2. The Morgan fingerprint density at radius 2 is 2.31 bits per heavy atom. The first-order valence-electron chi connectivity index (χ1n) is 4.50. The first-order valence-corrected chi connectivity index (χ1v) is 4.88. The van der Waals surface area contributed by atoms with E-state index in [2.05, 4.69) is 9.55 Å². The average Bonchev–Trinajstić information content (AvgIpc) is 2.62. The summed E-state index contributed by atoms with van der Waals surface area (Å²) in [5.74, 6) is 1.18. The van der Waals surface area contributed by atoms with Crippen molar-refractivity contribution in [2.45, 2.75) is 19.4 Å². The zero-order valence-electron chi connectivity index (χ0n) is 7.13. The molecule has 0 atom stereocenters. The highest BCUT2D eigenvalue weighted by molar-refractivity contribution is 6.35. The summed E-state index contributed by atoms with van der Waals surface area (Å²) in [7, 11) is 0. The number of fused-ring (bicyclic) bond motifs is 3. The minimum absolute atomic E-state index is 0.818. The van der Waals surface area contributed by atoms with Gasteiger partial charge in [0.05, 0.1) is 16.1 Å². The van der Waals surface area contributed by atoms with Gasteiger partial charge in [0.1, 0.15) is 5.82 Å². The van der Waals surface area contributed by atoms with Gasteiger partial charge in [-0.25, -0.2) is 4.98 Å². The van der Waals surface area contributed by atoms with Gasteiger partial charge in [-0.15, -0.1) is 0 Å². The van der Waals surface area contributed by atoms with Crippen molar-refractivity contribution in [1.82, 2.24) is 9.55 Å². The summed E-state index contributed by atoms with van der Waals surface area (Å²) in [5, 5.41) is 0.818. The molecule has 0 spiro atoms. The van der Waals surface area contributed by atoms with Gasteiger partial charge in [-0.1, -0.05) is 17.7 Å². The highest BCUT2D eigenvalue weighted by Gasteiger charge is 2.17. The second-order valence-corrected chi connectivity index (χ2v) is 3.80. The molecule has 0 unspecified atom stereocenters. The number of aromatic nitrogens is 2. The first kappa shape index (κ1) is 7.39. The standard InChI is InChI=1S/C10H9ClN2/c11-7-3-1-4-8-10(7)13-6-2-5-9(13)12-8/h1,3-4H,2,5-6H2. The van der Waals surface area contributed by atoms with Gasteiger partial charge in [-0.3, -0.25) is 0 Å². The summed E-state index contributed by atoms with van der Waals surface area (Å²) >= 11 is 6.12. The summed E-state index contributed by atoms with van der Waals surface area (Å²) < 4.78 is 2.23. The molecule has 0 saturated heterocycles. The van der Waals surface area contributed by atoms with Crippen LogP contribution in [0.5, 0.6) is 0 Å². The van der Waals surface area contributed by atoms with Crippen molar-refractivity contribution in [2.75, 3.05) is 0 Å². The van der Waals surface area contributed by atoms with E-state index in [0.29, 0.717) is 0 Å². The summed E-state index contributed by atoms with van der Waals surface area (Å²) in [6, 6.07) is 5.90. The molecule has 1 aliphatic rings. The van der Waals surface area contributed by atoms with Gasteiger partial charge < -0.3 is 4.57 Å². The van der Waals surface area contributed by atoms with E-state index in [9.17, 15) is 0 Å². The van der Waals surface area contributed by atoms with E-state index in [1.807, 2.05) is 18.2 Å². The molecule has 2 aromatic rings. The fourth-order valence-corrected chi connectivity index (χ4v) is 2.29. The van der Waals surface area contributed by atoms with E-state index < -0.39 is 0 Å². The zero-order valence-corrected chi connectivity index (χ0v) is 7.88. The lowest BCUT2D eigenvalue weighted by Gasteiger charge is -1.99. The Balaban J connectivity index is 2.46. The minimum Gasteiger partial charge on any atom is -0.327 e. The van der Waals surface area contributed by atoms with Crippen LogP contribution in [-0.2, 0) is 13.0 Å². The Hall–Kier alpha value is -1.02. The third kappa shape index (κ3) is 0.923. The van der Waals surface area contributed by atoms with Crippen LogP contribution in [0, 0.1) is 0 Å². The lowest BCUT2D eigenvalue weighted by atomic mass is 10.3. The normalized spacial score (nSPS) is 15.2. The van der Waals surface area contributed by atoms with Gasteiger partial charge in [-0.05, 0) is 18.6 Å². The predicted octanol–water partition coefficient (Wildman–Crippen LogP) is 2.64. The van der Waals surface area contributed by atoms with Crippen molar-refractivity contribution in [3.63, 3.8) is 0 Å². The second-order valence-electron chi connectivity index (χ2n) is 3.39. The SMILES string of the molecule is Clc1cccc2nc3n(c12)CCC3. The van der Waals surface area contributed by atoms with Gasteiger partial charge in [0.15, 0.2) is 0 Å². The number of aryl methyl sites for hydroxylation is 2. The maximum absolute atomic E-state index is 6.12. The number of benzene rings is 1. The van der Waals surface area contributed by atoms with Gasteiger partial charge in [0.25, 0.3) is 0 Å². The van der Waals surface area contributed by atoms with Crippen LogP contribution in [0.15, 0.2) is 18.2 Å². The highest BCUT2D eigenvalue weighted by Crippen LogP contribution is 2.28. The third-order valence-corrected chi connectivity index (χ3v) is 2.88. The fourth-order valence-electron chi connectivity index (χ4n) is 2.02. The average molecular weight is 193 g/mol. The van der Waals surface area contributed by atoms with Crippen LogP contribution in [0.4, 0.5) is 0 Å². The van der Waals surface area contributed by atoms with Crippen LogP contribution in [0.1, 0.15) is 12.2 Å². The van der Waals surface area contributed by atoms with E-state index in [1.54, 1.807) is 0 Å². The van der Waals surface area contributed by atoms with E-state index in [4.69, 9.17) is 11.6 Å². The fraction of sp³-hybridized carbons (Fsp3) is 0.300. The van der Waals surface area contributed by atoms with Crippen molar-refractivity contribution < 1.29 is 0 Å². The monoisotopic (exact) mass is 192 g/mol. The summed E-state index contributed by atoms with van der Waals surface area (Å²) in [4.78, 5) is 4.53. The molecule has 0 aliphatic carbocycles. The first-order chi connectivity index (χ1) is 6.36. The smallest absolute Gasteiger partial charge is 0.109 e. The Morgan fingerprint density at radius 1 is 1.38 bits per heavy atom. The largest absolute Gasteiger partial charge is 0.327 e. The van der Waals surface area contributed by atoms with Crippen molar-refractivity contribution in [1.29, 1.82) is 0 Å². The number of hydrogen-bond donors (Lipinski definition) is 0. The summed E-state index contributed by atoms with van der Waals surface area (Å²) in [6.45, 7) is 1.07. The van der Waals surface area contributed by atoms with E-state index in [-0.39, 0.29) is 0 Å². The van der Waals surface area contributed by atoms with Crippen molar-refractivity contribution in [3.05, 3.63) is 29.0 Å². The minimum atomic E-state index is 0.818. The Kier molecular flexibility index (Phi) is 1.41. The molecule has 0 radical (unpaired) electrons. The van der Waals surface area contributed by atoms with Crippen LogP contribution in [0.3, 0.4) is 0 Å². The van der Waals surface area contributed by atoms with Gasteiger partial charge in [0, 0.05) is 13.0 Å². The number of rotatable bonds is 0. The molecule has 0 bridgehead atoms. The topological polar surface area (TPSA) is 17.8 Å². The number of para-hydroxylation sites is 1. The Morgan fingerprint density at radius 3 is 3.23 bits per heavy atom. The molecule has 0 amide bonds. The number of imidazole rings is 1. The molecule has 2 heterocycles. The lowest BCUT2D eigenvalue weighted by Crippen LogP contribution is -1.91. The summed E-state index contributed by atoms with van der Waals surface area (Å²) in [5.41, 5.74) is 2.14. The number of halogens is 1. The van der Waals surface area contributed by atoms with Gasteiger partial charge in [-0.2, -0.15) is 0 Å². The molecular formula is C10H9ClN2. The van der Waals surface area contributed by atoms with Crippen molar-refractivity contribution in [3.8, 4) is 0 Å². The third-order valence-electron chi connectivity index (χ3n) is 2.58. The second kappa shape index (κ2) is 2.48. The van der Waals surface area contributed by atoms with Crippen LogP contribution < -0.4 is 0 Å². The van der Waals surface area contributed by atoms with Crippen LogP contribution in [0.25, 0.3) is 11.0 Å². The Bertz CT molecular complexity index is 473. The predicted molar refractivity (Wildman–Crippen MR) is 53.1 cm³/mol. The molecule has 0 N–H and O–H groups in total. The highest BCUT2D eigenvalue weighted by atomic mass is 35.5. The van der Waals surface area contributed by atoms with Crippen LogP contribution >= 0.6 is 11.6 Å². The van der Waals surface area contributed by atoms with E-state index in [1.165, 1.54) is 12.2 Å². The molecule has 3 rings (SSSR count). The van der Waals surface area contributed by atoms with Gasteiger partial charge >= 0.3 is 0 Å². The molecule has 1 aromatic carbocycles. The van der Waals surface area contributed by atoms with Crippen LogP contribution in [0.2, 0.25) is 5.02 Å². The summed E-state index contributed by atoms with van der Waals surface area (Å²) in [6.07, 6.45) is 2.29. The molecule has 2 nitrogen and oxygen atoms in total. The van der Waals surface area contributed by atoms with E-state index in [0.717, 1.165) is 29.0 Å². The zero-order chi connectivity index (χ0) is 8.84. The molecule has 3 heteroatoms. The molecule has 0 fully saturated rings. The van der Waals surface area contributed by atoms with Gasteiger partial charge in [0.2, 0.25) is 0 Å². The maximum Gasteiger partial charge on any atom is 0.109 e. The molecule has 1 aliphatic heterocycles. The van der Waals surface area contributed by atoms with Crippen molar-refractivity contribution in [2.24, 2.45) is 0 Å². The Labute approximate surface area is 81.1 Å². The number of hydrogen-bond acceptors (Lipinski definition) is 1. The molecular weight excluding hydrogens is 184 g/mol. The van der Waals surface area contributed by atoms with Crippen LogP contribution in [-0.4, -0.2) is 9.55 Å². The molecule has 13 heavy (non-hydrogen) atoms. The molecule has 66 valence electrons.